The van der Waals surface area contributed by atoms with Gasteiger partial charge < -0.3 is 0 Å². The summed E-state index contributed by atoms with van der Waals surface area (Å²) in [5.41, 5.74) is 4.00. The Morgan fingerprint density at radius 1 is 0.857 bits per heavy atom. The number of rotatable bonds is 5. The number of aromatic nitrogens is 3. The molecule has 5 nitrogen and oxygen atoms in total. The molecule has 3 aromatic carbocycles. The summed E-state index contributed by atoms with van der Waals surface area (Å²) < 4.78 is 2.04. The van der Waals surface area contributed by atoms with Crippen molar-refractivity contribution in [3.05, 3.63) is 95.9 Å². The Bertz CT molecular complexity index is 1460. The first-order chi connectivity index (χ1) is 17.2. The number of amides is 1. The van der Waals surface area contributed by atoms with E-state index in [0.29, 0.717) is 5.16 Å². The van der Waals surface area contributed by atoms with Crippen LogP contribution >= 0.6 is 34.9 Å². The zero-order valence-electron chi connectivity index (χ0n) is 18.8. The second-order valence-electron chi connectivity index (χ2n) is 8.01. The van der Waals surface area contributed by atoms with E-state index < -0.39 is 0 Å². The fraction of sp³-hybridized carbons (Fsp3) is 0.0741. The summed E-state index contributed by atoms with van der Waals surface area (Å²) in [5, 5.41) is 11.7. The van der Waals surface area contributed by atoms with E-state index in [2.05, 4.69) is 53.5 Å². The van der Waals surface area contributed by atoms with Gasteiger partial charge in [-0.25, -0.2) is 0 Å². The highest BCUT2D eigenvalue weighted by Gasteiger charge is 2.28. The summed E-state index contributed by atoms with van der Waals surface area (Å²) in [6.07, 6.45) is 0. The third-order valence-corrected chi connectivity index (χ3v) is 8.58. The highest BCUT2D eigenvalue weighted by Crippen LogP contribution is 2.48. The van der Waals surface area contributed by atoms with Crippen LogP contribution in [-0.4, -0.2) is 26.4 Å². The van der Waals surface area contributed by atoms with Crippen LogP contribution in [0.2, 0.25) is 0 Å². The molecule has 0 bridgehead atoms. The van der Waals surface area contributed by atoms with Crippen molar-refractivity contribution in [2.24, 2.45) is 0 Å². The lowest BCUT2D eigenvalue weighted by Gasteiger charge is -2.30. The van der Waals surface area contributed by atoms with Crippen LogP contribution in [-0.2, 0) is 4.79 Å². The van der Waals surface area contributed by atoms with Gasteiger partial charge >= 0.3 is 0 Å². The zero-order valence-corrected chi connectivity index (χ0v) is 21.2. The van der Waals surface area contributed by atoms with Crippen molar-refractivity contribution in [2.75, 3.05) is 10.7 Å². The van der Waals surface area contributed by atoms with Gasteiger partial charge in [-0.1, -0.05) is 71.6 Å². The first-order valence-electron chi connectivity index (χ1n) is 11.1. The molecule has 3 heterocycles. The Morgan fingerprint density at radius 3 is 2.20 bits per heavy atom. The van der Waals surface area contributed by atoms with Crippen molar-refractivity contribution in [3.63, 3.8) is 0 Å². The molecule has 0 saturated heterocycles. The molecule has 0 fully saturated rings. The molecule has 172 valence electrons. The van der Waals surface area contributed by atoms with Crippen LogP contribution in [0.1, 0.15) is 5.56 Å². The first kappa shape index (κ1) is 22.2. The summed E-state index contributed by atoms with van der Waals surface area (Å²) in [5.74, 6) is 1.03. The smallest absolute Gasteiger partial charge is 0.242 e. The molecule has 6 rings (SSSR count). The maximum atomic E-state index is 13.7. The van der Waals surface area contributed by atoms with E-state index in [9.17, 15) is 4.79 Å². The molecule has 5 aromatic rings. The zero-order chi connectivity index (χ0) is 23.8. The molecule has 0 N–H and O–H groups in total. The molecule has 0 radical (unpaired) electrons. The molecule has 35 heavy (non-hydrogen) atoms. The molecule has 0 aliphatic carbocycles. The molecule has 0 spiro atoms. The van der Waals surface area contributed by atoms with Crippen molar-refractivity contribution in [1.82, 2.24) is 14.8 Å². The minimum absolute atomic E-state index is 0.00586. The molecule has 2 aromatic heterocycles. The van der Waals surface area contributed by atoms with Gasteiger partial charge in [0.25, 0.3) is 0 Å². The van der Waals surface area contributed by atoms with Crippen LogP contribution in [0.3, 0.4) is 0 Å². The quantitative estimate of drug-likeness (QED) is 0.233. The number of benzene rings is 3. The van der Waals surface area contributed by atoms with Gasteiger partial charge in [0.15, 0.2) is 11.0 Å². The number of hydrogen-bond acceptors (Lipinski definition) is 6. The van der Waals surface area contributed by atoms with Crippen LogP contribution in [0.5, 0.6) is 0 Å². The third kappa shape index (κ3) is 4.18. The van der Waals surface area contributed by atoms with Gasteiger partial charge in [0.1, 0.15) is 0 Å². The van der Waals surface area contributed by atoms with E-state index in [1.54, 1.807) is 23.1 Å². The SMILES string of the molecule is Cc1ccc(-n2c(SCC(=O)N3c4ccccc4Sc4ccccc43)nnc2-c2cccs2)cc1. The summed E-state index contributed by atoms with van der Waals surface area (Å²) in [4.78, 5) is 18.7. The van der Waals surface area contributed by atoms with Crippen molar-refractivity contribution >= 4 is 52.1 Å². The molecule has 8 heteroatoms. The van der Waals surface area contributed by atoms with E-state index >= 15 is 0 Å². The summed E-state index contributed by atoms with van der Waals surface area (Å²) in [6, 6.07) is 28.4. The monoisotopic (exact) mass is 512 g/mol. The van der Waals surface area contributed by atoms with Crippen molar-refractivity contribution in [1.29, 1.82) is 0 Å². The number of aryl methyl sites for hydroxylation is 1. The average molecular weight is 513 g/mol. The Labute approximate surface area is 215 Å². The number of fused-ring (bicyclic) bond motifs is 2. The molecule has 0 atom stereocenters. The maximum Gasteiger partial charge on any atom is 0.242 e. The van der Waals surface area contributed by atoms with E-state index in [1.807, 2.05) is 63.4 Å². The lowest BCUT2D eigenvalue weighted by Crippen LogP contribution is -2.30. The third-order valence-electron chi connectivity index (χ3n) is 5.67. The lowest BCUT2D eigenvalue weighted by atomic mass is 10.2. The molecule has 1 aliphatic rings. The number of thioether (sulfide) groups is 1. The number of carbonyl (C=O) groups is 1. The normalized spacial score (nSPS) is 12.3. The molecular weight excluding hydrogens is 493 g/mol. The number of thiophene rings is 1. The largest absolute Gasteiger partial charge is 0.278 e. The van der Waals surface area contributed by atoms with Gasteiger partial charge in [0.05, 0.1) is 22.0 Å². The van der Waals surface area contributed by atoms with Crippen molar-refractivity contribution < 1.29 is 4.79 Å². The molecule has 0 unspecified atom stereocenters. The second kappa shape index (κ2) is 9.37. The number of hydrogen-bond donors (Lipinski definition) is 0. The van der Waals surface area contributed by atoms with Crippen LogP contribution < -0.4 is 4.90 Å². The lowest BCUT2D eigenvalue weighted by molar-refractivity contribution is -0.115. The van der Waals surface area contributed by atoms with Gasteiger partial charge in [-0.15, -0.1) is 21.5 Å². The summed E-state index contributed by atoms with van der Waals surface area (Å²) in [7, 11) is 0. The highest BCUT2D eigenvalue weighted by atomic mass is 32.2. The molecule has 0 saturated carbocycles. The van der Waals surface area contributed by atoms with Crippen LogP contribution in [0.15, 0.2) is 105 Å². The predicted octanol–water partition coefficient (Wildman–Crippen LogP) is 7.23. The van der Waals surface area contributed by atoms with E-state index in [1.165, 1.54) is 17.3 Å². The molecule has 1 amide bonds. The molecule has 1 aliphatic heterocycles. The second-order valence-corrected chi connectivity index (χ2v) is 11.0. The van der Waals surface area contributed by atoms with Crippen molar-refractivity contribution in [2.45, 2.75) is 21.9 Å². The van der Waals surface area contributed by atoms with Crippen LogP contribution in [0.4, 0.5) is 11.4 Å². The average Bonchev–Trinajstić information content (AvgIpc) is 3.56. The Morgan fingerprint density at radius 2 is 1.54 bits per heavy atom. The van der Waals surface area contributed by atoms with Gasteiger partial charge in [0, 0.05) is 15.5 Å². The summed E-state index contributed by atoms with van der Waals surface area (Å²) >= 11 is 4.73. The standard InChI is InChI=1S/C27H20N4OS3/c1-18-12-14-19(15-13-18)30-26(24-11-6-16-33-24)28-29-27(30)34-17-25(32)31-20-7-2-4-9-22(20)35-23-10-5-3-8-21(23)31/h2-16H,17H2,1H3. The number of nitrogens with zero attached hydrogens (tertiary/aromatic N) is 4. The van der Waals surface area contributed by atoms with Gasteiger partial charge in [-0.2, -0.15) is 0 Å². The fourth-order valence-electron chi connectivity index (χ4n) is 4.02. The van der Waals surface area contributed by atoms with Crippen molar-refractivity contribution in [3.8, 4) is 16.4 Å². The predicted molar refractivity (Wildman–Crippen MR) is 144 cm³/mol. The summed E-state index contributed by atoms with van der Waals surface area (Å²) in [6.45, 7) is 2.07. The van der Waals surface area contributed by atoms with E-state index in [0.717, 1.165) is 37.6 Å². The Hall–Kier alpha value is -3.33. The minimum Gasteiger partial charge on any atom is -0.278 e. The number of carbonyl (C=O) groups excluding carboxylic acids is 1. The maximum absolute atomic E-state index is 13.7. The molecular formula is C27H20N4OS3. The van der Waals surface area contributed by atoms with Gasteiger partial charge in [-0.3, -0.25) is 14.3 Å². The van der Waals surface area contributed by atoms with Gasteiger partial charge in [-0.05, 0) is 54.8 Å². The number of para-hydroxylation sites is 2. The number of anilines is 2. The van der Waals surface area contributed by atoms with Crippen LogP contribution in [0, 0.1) is 6.92 Å². The Kier molecular flexibility index (Phi) is 5.93. The Balaban J connectivity index is 1.34. The topological polar surface area (TPSA) is 51.0 Å². The highest BCUT2D eigenvalue weighted by molar-refractivity contribution is 8.00. The minimum atomic E-state index is 0.00586. The van der Waals surface area contributed by atoms with Gasteiger partial charge in [0.2, 0.25) is 5.91 Å². The van der Waals surface area contributed by atoms with E-state index in [-0.39, 0.29) is 11.7 Å². The first-order valence-corrected chi connectivity index (χ1v) is 13.8. The van der Waals surface area contributed by atoms with E-state index in [4.69, 9.17) is 0 Å². The van der Waals surface area contributed by atoms with Crippen LogP contribution in [0.25, 0.3) is 16.4 Å². The fourth-order valence-corrected chi connectivity index (χ4v) is 6.58.